The van der Waals surface area contributed by atoms with Gasteiger partial charge in [-0.05, 0) is 37.3 Å². The van der Waals surface area contributed by atoms with E-state index in [1.54, 1.807) is 24.6 Å². The zero-order valence-corrected chi connectivity index (χ0v) is 18.0. The molecule has 0 spiro atoms. The van der Waals surface area contributed by atoms with Crippen LogP contribution in [0.4, 0.5) is 25.8 Å². The van der Waals surface area contributed by atoms with Gasteiger partial charge in [-0.2, -0.15) is 0 Å². The SMILES string of the molecule is Cc1nc2c(N3CCOc4ccc(C(F)F)cc43)cc(N3CCOCC3)cc2n(C)c1=O. The van der Waals surface area contributed by atoms with Crippen LogP contribution in [0.15, 0.2) is 35.1 Å². The molecular formula is C23H24F2N4O3. The molecule has 2 aromatic carbocycles. The average molecular weight is 442 g/mol. The first kappa shape index (κ1) is 20.7. The largest absolute Gasteiger partial charge is 0.490 e. The fraction of sp³-hybridized carbons (Fsp3) is 0.391. The lowest BCUT2D eigenvalue weighted by Gasteiger charge is -2.34. The number of alkyl halides is 2. The second-order valence-corrected chi connectivity index (χ2v) is 8.02. The molecule has 1 fully saturated rings. The molecule has 5 rings (SSSR count). The molecule has 1 saturated heterocycles. The number of aromatic nitrogens is 2. The van der Waals surface area contributed by atoms with Crippen molar-refractivity contribution in [2.24, 2.45) is 7.05 Å². The Hall–Kier alpha value is -3.20. The van der Waals surface area contributed by atoms with Gasteiger partial charge < -0.3 is 23.8 Å². The van der Waals surface area contributed by atoms with Gasteiger partial charge in [-0.25, -0.2) is 13.8 Å². The summed E-state index contributed by atoms with van der Waals surface area (Å²) in [5, 5.41) is 0. The summed E-state index contributed by atoms with van der Waals surface area (Å²) in [5.74, 6) is 0.548. The molecule has 0 radical (unpaired) electrons. The van der Waals surface area contributed by atoms with Gasteiger partial charge in [-0.1, -0.05) is 0 Å². The van der Waals surface area contributed by atoms with Crippen molar-refractivity contribution in [1.82, 2.24) is 9.55 Å². The first-order valence-electron chi connectivity index (χ1n) is 10.6. The Morgan fingerprint density at radius 3 is 2.56 bits per heavy atom. The minimum Gasteiger partial charge on any atom is -0.490 e. The van der Waals surface area contributed by atoms with Crippen molar-refractivity contribution in [2.75, 3.05) is 49.3 Å². The smallest absolute Gasteiger partial charge is 0.272 e. The highest BCUT2D eigenvalue weighted by Crippen LogP contribution is 2.42. The number of hydrogen-bond acceptors (Lipinski definition) is 6. The lowest BCUT2D eigenvalue weighted by Crippen LogP contribution is -2.36. The number of anilines is 3. The van der Waals surface area contributed by atoms with Crippen LogP contribution in [0.3, 0.4) is 0 Å². The van der Waals surface area contributed by atoms with Gasteiger partial charge >= 0.3 is 0 Å². The van der Waals surface area contributed by atoms with Crippen molar-refractivity contribution in [3.05, 3.63) is 51.9 Å². The second kappa shape index (κ2) is 8.05. The molecule has 9 heteroatoms. The van der Waals surface area contributed by atoms with Crippen LogP contribution < -0.4 is 20.1 Å². The maximum Gasteiger partial charge on any atom is 0.272 e. The van der Waals surface area contributed by atoms with Gasteiger partial charge in [0.05, 0.1) is 36.6 Å². The molecule has 0 N–H and O–H groups in total. The summed E-state index contributed by atoms with van der Waals surface area (Å²) in [6, 6.07) is 8.44. The van der Waals surface area contributed by atoms with E-state index in [1.807, 2.05) is 17.0 Å². The first-order chi connectivity index (χ1) is 15.4. The normalized spacial score (nSPS) is 16.4. The third-order valence-electron chi connectivity index (χ3n) is 6.07. The maximum absolute atomic E-state index is 13.4. The van der Waals surface area contributed by atoms with Crippen LogP contribution in [0.25, 0.3) is 11.0 Å². The van der Waals surface area contributed by atoms with Crippen molar-refractivity contribution in [3.63, 3.8) is 0 Å². The topological polar surface area (TPSA) is 59.8 Å². The van der Waals surface area contributed by atoms with E-state index >= 15 is 0 Å². The molecule has 3 heterocycles. The highest BCUT2D eigenvalue weighted by atomic mass is 19.3. The third kappa shape index (κ3) is 3.46. The Kier molecular flexibility index (Phi) is 5.21. The molecule has 0 saturated carbocycles. The lowest BCUT2D eigenvalue weighted by molar-refractivity contribution is 0.122. The fourth-order valence-corrected chi connectivity index (χ4v) is 4.36. The van der Waals surface area contributed by atoms with E-state index in [-0.39, 0.29) is 11.1 Å². The highest BCUT2D eigenvalue weighted by molar-refractivity contribution is 5.95. The monoisotopic (exact) mass is 442 g/mol. The zero-order chi connectivity index (χ0) is 22.4. The summed E-state index contributed by atoms with van der Waals surface area (Å²) in [7, 11) is 1.73. The van der Waals surface area contributed by atoms with E-state index < -0.39 is 6.43 Å². The van der Waals surface area contributed by atoms with Gasteiger partial charge in [0.15, 0.2) is 0 Å². The van der Waals surface area contributed by atoms with Crippen LogP contribution in [0, 0.1) is 6.92 Å². The molecule has 0 unspecified atom stereocenters. The van der Waals surface area contributed by atoms with Crippen LogP contribution in [0.1, 0.15) is 17.7 Å². The van der Waals surface area contributed by atoms with E-state index in [9.17, 15) is 13.6 Å². The first-order valence-corrected chi connectivity index (χ1v) is 10.6. The second-order valence-electron chi connectivity index (χ2n) is 8.02. The number of morpholine rings is 1. The van der Waals surface area contributed by atoms with E-state index in [1.165, 1.54) is 12.1 Å². The minimum atomic E-state index is -2.58. The standard InChI is InChI=1S/C23H24F2N4O3/c1-14-23(30)27(2)18-12-16(28-5-8-31-9-6-28)13-19(21(18)26-14)29-7-10-32-20-4-3-15(22(24)25)11-17(20)29/h3-4,11-13,22H,5-10H2,1-2H3. The number of benzene rings is 2. The summed E-state index contributed by atoms with van der Waals surface area (Å²) in [6.07, 6.45) is -2.58. The summed E-state index contributed by atoms with van der Waals surface area (Å²) >= 11 is 0. The Morgan fingerprint density at radius 2 is 1.81 bits per heavy atom. The summed E-state index contributed by atoms with van der Waals surface area (Å²) in [6.45, 7) is 5.28. The van der Waals surface area contributed by atoms with Crippen LogP contribution in [0.5, 0.6) is 5.75 Å². The Bertz CT molecular complexity index is 1240. The molecule has 2 aliphatic heterocycles. The number of hydrogen-bond donors (Lipinski definition) is 0. The molecular weight excluding hydrogens is 418 g/mol. The van der Waals surface area contributed by atoms with Gasteiger partial charge in [0.25, 0.3) is 12.0 Å². The molecule has 1 aromatic heterocycles. The van der Waals surface area contributed by atoms with Crippen molar-refractivity contribution in [2.45, 2.75) is 13.3 Å². The van der Waals surface area contributed by atoms with Crippen LogP contribution in [0.2, 0.25) is 0 Å². The predicted molar refractivity (Wildman–Crippen MR) is 119 cm³/mol. The zero-order valence-electron chi connectivity index (χ0n) is 18.0. The van der Waals surface area contributed by atoms with Gasteiger partial charge in [0.2, 0.25) is 0 Å². The summed E-state index contributed by atoms with van der Waals surface area (Å²) < 4.78 is 39.7. The van der Waals surface area contributed by atoms with E-state index in [4.69, 9.17) is 9.47 Å². The Labute approximate surface area is 183 Å². The molecule has 168 valence electrons. The fourth-order valence-electron chi connectivity index (χ4n) is 4.36. The van der Waals surface area contributed by atoms with Gasteiger partial charge in [-0.15, -0.1) is 0 Å². The number of nitrogens with zero attached hydrogens (tertiary/aromatic N) is 4. The lowest BCUT2D eigenvalue weighted by atomic mass is 10.1. The van der Waals surface area contributed by atoms with E-state index in [0.29, 0.717) is 54.5 Å². The predicted octanol–water partition coefficient (Wildman–Crippen LogP) is 3.55. The van der Waals surface area contributed by atoms with Crippen molar-refractivity contribution in [3.8, 4) is 5.75 Å². The number of fused-ring (bicyclic) bond motifs is 2. The molecule has 32 heavy (non-hydrogen) atoms. The van der Waals surface area contributed by atoms with Gasteiger partial charge in [0, 0.05) is 31.4 Å². The van der Waals surface area contributed by atoms with E-state index in [2.05, 4.69) is 9.88 Å². The van der Waals surface area contributed by atoms with Gasteiger partial charge in [0.1, 0.15) is 23.6 Å². The molecule has 0 aliphatic carbocycles. The third-order valence-corrected chi connectivity index (χ3v) is 6.07. The molecule has 7 nitrogen and oxygen atoms in total. The highest BCUT2D eigenvalue weighted by Gasteiger charge is 2.26. The molecule has 0 bridgehead atoms. The number of halogens is 2. The number of ether oxygens (including phenoxy) is 2. The average Bonchev–Trinajstić information content (AvgIpc) is 2.82. The molecule has 3 aromatic rings. The molecule has 0 atom stereocenters. The van der Waals surface area contributed by atoms with Crippen molar-refractivity contribution < 1.29 is 18.3 Å². The molecule has 2 aliphatic rings. The Morgan fingerprint density at radius 1 is 1.03 bits per heavy atom. The Balaban J connectivity index is 1.75. The summed E-state index contributed by atoms with van der Waals surface area (Å²) in [4.78, 5) is 21.4. The van der Waals surface area contributed by atoms with Gasteiger partial charge in [-0.3, -0.25) is 4.79 Å². The van der Waals surface area contributed by atoms with Crippen LogP contribution >= 0.6 is 0 Å². The van der Waals surface area contributed by atoms with Crippen molar-refractivity contribution in [1.29, 1.82) is 0 Å². The van der Waals surface area contributed by atoms with Crippen LogP contribution in [-0.2, 0) is 11.8 Å². The quantitative estimate of drug-likeness (QED) is 0.619. The number of aryl methyl sites for hydroxylation is 2. The minimum absolute atomic E-state index is 0.0653. The maximum atomic E-state index is 13.4. The van der Waals surface area contributed by atoms with Crippen LogP contribution in [-0.4, -0.2) is 49.0 Å². The summed E-state index contributed by atoms with van der Waals surface area (Å²) in [5.41, 5.74) is 3.77. The number of rotatable bonds is 3. The van der Waals surface area contributed by atoms with Crippen molar-refractivity contribution >= 4 is 28.1 Å². The molecule has 0 amide bonds. The van der Waals surface area contributed by atoms with E-state index in [0.717, 1.165) is 24.5 Å².